The molecule has 4 N–H and O–H groups in total. The van der Waals surface area contributed by atoms with Crippen molar-refractivity contribution in [3.05, 3.63) is 52.8 Å². The van der Waals surface area contributed by atoms with E-state index in [0.717, 1.165) is 5.75 Å². The average Bonchev–Trinajstić information content (AvgIpc) is 2.64. The number of carbonyl (C=O) groups excluding carboxylic acids is 1. The molecule has 0 fully saturated rings. The monoisotopic (exact) mass is 470 g/mol. The summed E-state index contributed by atoms with van der Waals surface area (Å²) in [6, 6.07) is 8.00. The smallest absolute Gasteiger partial charge is 0.262 e. The SMILES string of the molecule is CC(=O)Nc1ccc(S(=O)(=O)Nc2cc(C3(C)CCSC(N)=N3)ccc2F)cc1Cl. The second-order valence-corrected chi connectivity index (χ2v) is 10.2. The molecule has 0 aliphatic carbocycles. The Labute approximate surface area is 183 Å². The van der Waals surface area contributed by atoms with Crippen molar-refractivity contribution in [1.29, 1.82) is 0 Å². The summed E-state index contributed by atoms with van der Waals surface area (Å²) in [4.78, 5) is 15.5. The summed E-state index contributed by atoms with van der Waals surface area (Å²) >= 11 is 7.50. The van der Waals surface area contributed by atoms with Gasteiger partial charge in [-0.25, -0.2) is 12.8 Å². The molecule has 1 aliphatic rings. The Morgan fingerprint density at radius 1 is 1.27 bits per heavy atom. The Morgan fingerprint density at radius 3 is 2.63 bits per heavy atom. The topological polar surface area (TPSA) is 114 Å². The summed E-state index contributed by atoms with van der Waals surface area (Å²) < 4.78 is 42.2. The minimum atomic E-state index is -4.13. The number of benzene rings is 2. The van der Waals surface area contributed by atoms with Crippen molar-refractivity contribution in [2.45, 2.75) is 30.7 Å². The number of aliphatic imine (C=N–C) groups is 1. The summed E-state index contributed by atoms with van der Waals surface area (Å²) in [5.41, 5.74) is 5.87. The molecule has 30 heavy (non-hydrogen) atoms. The van der Waals surface area contributed by atoms with E-state index in [1.165, 1.54) is 49.0 Å². The van der Waals surface area contributed by atoms with E-state index in [-0.39, 0.29) is 27.2 Å². The number of thioether (sulfide) groups is 1. The standard InChI is InChI=1S/C19H20ClFN4O3S2/c1-11(26)23-16-6-4-13(10-14(16)20)30(27,28)25-17-9-12(3-5-15(17)21)19(2)7-8-29-18(22)24-19/h3-6,9-10,25H,7-8H2,1-2H3,(H2,22,24)(H,23,26). The normalized spacial score (nSPS) is 19.1. The van der Waals surface area contributed by atoms with Gasteiger partial charge in [0.2, 0.25) is 5.91 Å². The predicted molar refractivity (Wildman–Crippen MR) is 119 cm³/mol. The van der Waals surface area contributed by atoms with Crippen LogP contribution in [-0.2, 0) is 20.4 Å². The molecule has 1 amide bonds. The van der Waals surface area contributed by atoms with E-state index in [9.17, 15) is 17.6 Å². The molecule has 7 nitrogen and oxygen atoms in total. The number of halogens is 2. The van der Waals surface area contributed by atoms with Gasteiger partial charge in [0.25, 0.3) is 10.0 Å². The lowest BCUT2D eigenvalue weighted by atomic mass is 9.89. The third-order valence-corrected chi connectivity index (χ3v) is 7.06. The van der Waals surface area contributed by atoms with E-state index >= 15 is 0 Å². The lowest BCUT2D eigenvalue weighted by Crippen LogP contribution is -2.29. The first kappa shape index (κ1) is 22.4. The van der Waals surface area contributed by atoms with Gasteiger partial charge in [0.1, 0.15) is 5.82 Å². The van der Waals surface area contributed by atoms with Crippen LogP contribution in [0, 0.1) is 5.82 Å². The van der Waals surface area contributed by atoms with Crippen LogP contribution in [0.4, 0.5) is 15.8 Å². The lowest BCUT2D eigenvalue weighted by molar-refractivity contribution is -0.114. The van der Waals surface area contributed by atoms with Crippen LogP contribution in [0.5, 0.6) is 0 Å². The number of carbonyl (C=O) groups is 1. The second kappa shape index (κ2) is 8.44. The third-order valence-electron chi connectivity index (χ3n) is 4.59. The van der Waals surface area contributed by atoms with Crippen LogP contribution in [-0.4, -0.2) is 25.2 Å². The van der Waals surface area contributed by atoms with Crippen molar-refractivity contribution in [3.8, 4) is 0 Å². The second-order valence-electron chi connectivity index (χ2n) is 6.95. The molecule has 160 valence electrons. The number of nitrogens with zero attached hydrogens (tertiary/aromatic N) is 1. The molecule has 1 unspecified atom stereocenters. The van der Waals surface area contributed by atoms with Gasteiger partial charge in [-0.15, -0.1) is 0 Å². The van der Waals surface area contributed by atoms with E-state index in [0.29, 0.717) is 17.2 Å². The minimum Gasteiger partial charge on any atom is -0.379 e. The molecular weight excluding hydrogens is 451 g/mol. The van der Waals surface area contributed by atoms with E-state index in [2.05, 4.69) is 15.0 Å². The van der Waals surface area contributed by atoms with Crippen molar-refractivity contribution in [1.82, 2.24) is 0 Å². The van der Waals surface area contributed by atoms with Gasteiger partial charge in [0.15, 0.2) is 5.17 Å². The maximum atomic E-state index is 14.4. The molecule has 1 aliphatic heterocycles. The highest BCUT2D eigenvalue weighted by molar-refractivity contribution is 8.13. The van der Waals surface area contributed by atoms with Crippen LogP contribution < -0.4 is 15.8 Å². The third kappa shape index (κ3) is 4.88. The first-order valence-corrected chi connectivity index (χ1v) is 11.7. The summed E-state index contributed by atoms with van der Waals surface area (Å²) in [5, 5.41) is 2.97. The van der Waals surface area contributed by atoms with Gasteiger partial charge < -0.3 is 11.1 Å². The number of hydrogen-bond donors (Lipinski definition) is 3. The Kier molecular flexibility index (Phi) is 6.30. The zero-order chi connectivity index (χ0) is 22.1. The largest absolute Gasteiger partial charge is 0.379 e. The van der Waals surface area contributed by atoms with E-state index in [1.807, 2.05) is 6.92 Å². The molecule has 11 heteroatoms. The van der Waals surface area contributed by atoms with Crippen molar-refractivity contribution in [2.75, 3.05) is 15.8 Å². The van der Waals surface area contributed by atoms with Crippen molar-refractivity contribution >= 4 is 55.8 Å². The molecule has 0 saturated heterocycles. The highest BCUT2D eigenvalue weighted by atomic mass is 35.5. The fraction of sp³-hybridized carbons (Fsp3) is 0.263. The molecule has 1 atom stereocenters. The summed E-state index contributed by atoms with van der Waals surface area (Å²) in [5.74, 6) is -0.319. The fourth-order valence-corrected chi connectivity index (χ4v) is 5.34. The zero-order valence-electron chi connectivity index (χ0n) is 16.2. The number of rotatable bonds is 5. The van der Waals surface area contributed by atoms with Crippen LogP contribution in [0.15, 0.2) is 46.3 Å². The molecule has 0 spiro atoms. The van der Waals surface area contributed by atoms with E-state index < -0.39 is 21.4 Å². The summed E-state index contributed by atoms with van der Waals surface area (Å²) in [7, 11) is -4.13. The van der Waals surface area contributed by atoms with Crippen LogP contribution in [0.1, 0.15) is 25.8 Å². The molecule has 2 aromatic rings. The van der Waals surface area contributed by atoms with Gasteiger partial charge in [-0.2, -0.15) is 0 Å². The van der Waals surface area contributed by atoms with Crippen LogP contribution >= 0.6 is 23.4 Å². The summed E-state index contributed by atoms with van der Waals surface area (Å²) in [6.07, 6.45) is 0.677. The number of nitrogens with two attached hydrogens (primary N) is 1. The lowest BCUT2D eigenvalue weighted by Gasteiger charge is -2.30. The Hall–Kier alpha value is -2.30. The number of amides is 1. The highest BCUT2D eigenvalue weighted by Gasteiger charge is 2.30. The minimum absolute atomic E-state index is 0.0410. The molecule has 0 radical (unpaired) electrons. The van der Waals surface area contributed by atoms with E-state index in [1.54, 1.807) is 6.07 Å². The number of hydrogen-bond acceptors (Lipinski definition) is 6. The molecule has 0 saturated carbocycles. The van der Waals surface area contributed by atoms with Crippen molar-refractivity contribution in [3.63, 3.8) is 0 Å². The number of amidine groups is 1. The van der Waals surface area contributed by atoms with Crippen molar-refractivity contribution < 1.29 is 17.6 Å². The average molecular weight is 471 g/mol. The van der Waals surface area contributed by atoms with Gasteiger partial charge in [0, 0.05) is 12.7 Å². The molecule has 1 heterocycles. The molecule has 0 aromatic heterocycles. The van der Waals surface area contributed by atoms with Gasteiger partial charge in [-0.3, -0.25) is 14.5 Å². The van der Waals surface area contributed by atoms with Crippen LogP contribution in [0.25, 0.3) is 0 Å². The quantitative estimate of drug-likeness (QED) is 0.613. The molecule has 2 aromatic carbocycles. The first-order valence-electron chi connectivity index (χ1n) is 8.88. The van der Waals surface area contributed by atoms with Gasteiger partial charge >= 0.3 is 0 Å². The molecule has 3 rings (SSSR count). The first-order chi connectivity index (χ1) is 14.0. The Balaban J connectivity index is 1.93. The molecule has 0 bridgehead atoms. The fourth-order valence-electron chi connectivity index (χ4n) is 2.99. The molecular formula is C19H20ClFN4O3S2. The van der Waals surface area contributed by atoms with Gasteiger partial charge in [-0.05, 0) is 49.2 Å². The Morgan fingerprint density at radius 2 is 2.00 bits per heavy atom. The number of anilines is 2. The van der Waals surface area contributed by atoms with E-state index in [4.69, 9.17) is 17.3 Å². The zero-order valence-corrected chi connectivity index (χ0v) is 18.6. The summed E-state index contributed by atoms with van der Waals surface area (Å²) in [6.45, 7) is 3.17. The van der Waals surface area contributed by atoms with Gasteiger partial charge in [-0.1, -0.05) is 29.4 Å². The highest BCUT2D eigenvalue weighted by Crippen LogP contribution is 2.37. The van der Waals surface area contributed by atoms with Crippen LogP contribution in [0.3, 0.4) is 0 Å². The maximum absolute atomic E-state index is 14.4. The van der Waals surface area contributed by atoms with Crippen molar-refractivity contribution in [2.24, 2.45) is 10.7 Å². The maximum Gasteiger partial charge on any atom is 0.262 e. The number of sulfonamides is 1. The number of nitrogens with one attached hydrogen (secondary N) is 2. The van der Waals surface area contributed by atoms with Crippen LogP contribution in [0.2, 0.25) is 5.02 Å². The predicted octanol–water partition coefficient (Wildman–Crippen LogP) is 3.91. The van der Waals surface area contributed by atoms with Gasteiger partial charge in [0.05, 0.1) is 26.8 Å². The Bertz CT molecular complexity index is 1140.